The maximum atomic E-state index is 12.5. The average Bonchev–Trinajstić information content (AvgIpc) is 3.98. The number of hydrogen-bond donors (Lipinski definition) is 4. The largest absolute Gasteiger partial charge is 0.496 e. The zero-order valence-electron chi connectivity index (χ0n) is 29.1. The lowest BCUT2D eigenvalue weighted by Gasteiger charge is -2.11. The van der Waals surface area contributed by atoms with Gasteiger partial charge in [0, 0.05) is 17.8 Å². The molecule has 0 atom stereocenters. The number of para-hydroxylation sites is 1. The number of pyridine rings is 1. The van der Waals surface area contributed by atoms with Crippen LogP contribution in [0.3, 0.4) is 0 Å². The predicted molar refractivity (Wildman–Crippen MR) is 191 cm³/mol. The van der Waals surface area contributed by atoms with Crippen LogP contribution in [-0.4, -0.2) is 91.2 Å². The SMILES string of the molecule is CCS(=O)(=O)c1cccnc1S(=O)(=O)NC(=O)Nc1nc(OC)cc(OC)n1.COc1ccccc1C(=O)NS(=O)(=O)c1ccc(C(=O)NC2CC2)cc1. The van der Waals surface area contributed by atoms with E-state index >= 15 is 0 Å². The van der Waals surface area contributed by atoms with Crippen LogP contribution in [0.2, 0.25) is 0 Å². The van der Waals surface area contributed by atoms with Crippen LogP contribution in [0.25, 0.3) is 0 Å². The number of methoxy groups -OCH3 is 3. The van der Waals surface area contributed by atoms with Crippen molar-refractivity contribution in [1.29, 1.82) is 0 Å². The van der Waals surface area contributed by atoms with Crippen LogP contribution in [0.4, 0.5) is 10.7 Å². The van der Waals surface area contributed by atoms with Crippen molar-refractivity contribution >= 4 is 53.7 Å². The molecular weight excluding hydrogens is 771 g/mol. The van der Waals surface area contributed by atoms with Gasteiger partial charge in [0.2, 0.25) is 17.7 Å². The molecule has 2 heterocycles. The molecule has 5 rings (SSSR count). The number of sulfonamides is 2. The maximum absolute atomic E-state index is 12.5. The number of benzene rings is 2. The van der Waals surface area contributed by atoms with Crippen LogP contribution in [0.1, 0.15) is 40.5 Å². The molecule has 0 radical (unpaired) electrons. The number of urea groups is 1. The number of carbonyl (C=O) groups is 3. The third-order valence-electron chi connectivity index (χ3n) is 7.17. The zero-order valence-corrected chi connectivity index (χ0v) is 31.5. The van der Waals surface area contributed by atoms with Crippen molar-refractivity contribution in [3.63, 3.8) is 0 Å². The van der Waals surface area contributed by atoms with Gasteiger partial charge in [0.15, 0.2) is 14.9 Å². The number of carbonyl (C=O) groups excluding carboxylic acids is 3. The number of aromatic nitrogens is 3. The lowest BCUT2D eigenvalue weighted by Crippen LogP contribution is -2.36. The van der Waals surface area contributed by atoms with Crippen molar-refractivity contribution < 1.29 is 53.8 Å². The fraction of sp³-hybridized carbons (Fsp3) is 0.250. The van der Waals surface area contributed by atoms with E-state index in [0.29, 0.717) is 5.56 Å². The van der Waals surface area contributed by atoms with E-state index in [1.807, 2.05) is 4.72 Å². The Morgan fingerprint density at radius 2 is 1.39 bits per heavy atom. The average molecular weight is 806 g/mol. The summed E-state index contributed by atoms with van der Waals surface area (Å²) in [6.45, 7) is 1.35. The van der Waals surface area contributed by atoms with Gasteiger partial charge in [-0.1, -0.05) is 19.1 Å². The molecule has 0 unspecified atom stereocenters. The third kappa shape index (κ3) is 10.6. The summed E-state index contributed by atoms with van der Waals surface area (Å²) in [5.41, 5.74) is 0.478. The van der Waals surface area contributed by atoms with Crippen LogP contribution >= 0.6 is 0 Å². The number of ether oxygens (including phenoxy) is 3. The lowest BCUT2D eigenvalue weighted by atomic mass is 10.2. The van der Waals surface area contributed by atoms with Gasteiger partial charge in [-0.3, -0.25) is 14.9 Å². The standard InChI is InChI=1S/C18H18N2O5S.C14H17N5O7S2/c1-25-16-5-3-2-4-15(16)18(22)20-26(23,24)14-10-6-12(7-11-14)17(21)19-13-8-9-13;1-4-27(21,22)9-6-5-7-15-12(9)28(23,24)19-14(20)18-13-16-10(25-2)8-11(17-13)26-3/h2-7,10-11,13H,8-9H2,1H3,(H,19,21)(H,20,22);5-8H,4H2,1-3H3,(H2,16,17,18,19,20). The molecule has 4 aromatic rings. The van der Waals surface area contributed by atoms with E-state index in [4.69, 9.17) is 14.2 Å². The van der Waals surface area contributed by atoms with Gasteiger partial charge in [-0.05, 0) is 61.4 Å². The van der Waals surface area contributed by atoms with Gasteiger partial charge in [0.1, 0.15) is 10.6 Å². The summed E-state index contributed by atoms with van der Waals surface area (Å²) in [4.78, 5) is 46.9. The lowest BCUT2D eigenvalue weighted by molar-refractivity contribution is 0.0948. The Balaban J connectivity index is 0.000000241. The first-order valence-electron chi connectivity index (χ1n) is 15.6. The summed E-state index contributed by atoms with van der Waals surface area (Å²) in [5.74, 6) is -1.28. The summed E-state index contributed by atoms with van der Waals surface area (Å²) < 4.78 is 92.6. The van der Waals surface area contributed by atoms with Crippen LogP contribution in [-0.2, 0) is 29.9 Å². The van der Waals surface area contributed by atoms with E-state index in [2.05, 4.69) is 25.6 Å². The quantitative estimate of drug-likeness (QED) is 0.150. The molecule has 2 aromatic heterocycles. The van der Waals surface area contributed by atoms with Gasteiger partial charge in [0.25, 0.3) is 31.9 Å². The Labute approximate surface area is 310 Å². The van der Waals surface area contributed by atoms with E-state index in [9.17, 15) is 39.6 Å². The second-order valence-corrected chi connectivity index (χ2v) is 16.5. The van der Waals surface area contributed by atoms with Gasteiger partial charge >= 0.3 is 6.03 Å². The van der Waals surface area contributed by atoms with Gasteiger partial charge in [-0.25, -0.2) is 36.1 Å². The molecule has 0 saturated heterocycles. The molecule has 4 amide bonds. The molecule has 2 aromatic carbocycles. The second kappa shape index (κ2) is 17.3. The fourth-order valence-corrected chi connectivity index (χ4v) is 7.80. The number of nitrogens with zero attached hydrogens (tertiary/aromatic N) is 3. The third-order valence-corrected chi connectivity index (χ3v) is 11.7. The van der Waals surface area contributed by atoms with E-state index < -0.39 is 51.7 Å². The fourth-order valence-electron chi connectivity index (χ4n) is 4.29. The Kier molecular flexibility index (Phi) is 13.1. The minimum atomic E-state index is -4.61. The molecule has 0 spiro atoms. The molecule has 288 valence electrons. The topological polar surface area (TPSA) is 268 Å². The molecule has 19 nitrogen and oxygen atoms in total. The van der Waals surface area contributed by atoms with E-state index in [1.54, 1.807) is 22.9 Å². The number of nitrogens with one attached hydrogen (secondary N) is 4. The molecule has 22 heteroatoms. The van der Waals surface area contributed by atoms with Gasteiger partial charge < -0.3 is 19.5 Å². The molecular formula is C32H35N7O12S3. The highest BCUT2D eigenvalue weighted by molar-refractivity contribution is 7.93. The van der Waals surface area contributed by atoms with Crippen molar-refractivity contribution in [2.45, 2.75) is 40.6 Å². The molecule has 54 heavy (non-hydrogen) atoms. The van der Waals surface area contributed by atoms with E-state index in [0.717, 1.165) is 25.1 Å². The minimum Gasteiger partial charge on any atom is -0.496 e. The van der Waals surface area contributed by atoms with Crippen molar-refractivity contribution in [1.82, 2.24) is 29.7 Å². The summed E-state index contributed by atoms with van der Waals surface area (Å²) in [5, 5.41) is 4.13. The summed E-state index contributed by atoms with van der Waals surface area (Å²) in [6.07, 6.45) is 3.03. The molecule has 0 bridgehead atoms. The number of anilines is 1. The number of amides is 4. The molecule has 4 N–H and O–H groups in total. The molecule has 1 saturated carbocycles. The van der Waals surface area contributed by atoms with Crippen LogP contribution in [0, 0.1) is 0 Å². The van der Waals surface area contributed by atoms with Gasteiger partial charge in [-0.15, -0.1) is 0 Å². The highest BCUT2D eigenvalue weighted by Gasteiger charge is 2.29. The van der Waals surface area contributed by atoms with E-state index in [-0.39, 0.29) is 51.6 Å². The van der Waals surface area contributed by atoms with Crippen LogP contribution in [0.5, 0.6) is 17.5 Å². The monoisotopic (exact) mass is 805 g/mol. The van der Waals surface area contributed by atoms with Crippen LogP contribution in [0.15, 0.2) is 87.7 Å². The number of rotatable bonds is 13. The minimum absolute atomic E-state index is 0.0612. The number of hydrogen-bond acceptors (Lipinski definition) is 15. The Bertz CT molecular complexity index is 2330. The Morgan fingerprint density at radius 3 is 1.96 bits per heavy atom. The second-order valence-electron chi connectivity index (χ2n) is 11.0. The summed E-state index contributed by atoms with van der Waals surface area (Å²) >= 11 is 0. The first-order chi connectivity index (χ1) is 25.5. The first-order valence-corrected chi connectivity index (χ1v) is 20.2. The van der Waals surface area contributed by atoms with Crippen LogP contribution < -0.4 is 34.3 Å². The molecule has 1 aliphatic carbocycles. The van der Waals surface area contributed by atoms with Crippen molar-refractivity contribution in [2.75, 3.05) is 32.4 Å². The van der Waals surface area contributed by atoms with E-state index in [1.165, 1.54) is 70.7 Å². The normalized spacial score (nSPS) is 12.6. The number of sulfone groups is 1. The van der Waals surface area contributed by atoms with Crippen molar-refractivity contribution in [3.8, 4) is 17.5 Å². The Morgan fingerprint density at radius 1 is 0.759 bits per heavy atom. The maximum Gasteiger partial charge on any atom is 0.335 e. The van der Waals surface area contributed by atoms with Gasteiger partial charge in [-0.2, -0.15) is 18.4 Å². The molecule has 0 aliphatic heterocycles. The molecule has 1 aliphatic rings. The first kappa shape index (κ1) is 40.9. The summed E-state index contributed by atoms with van der Waals surface area (Å²) in [6, 6.07) is 14.4. The Hall–Kier alpha value is -5.87. The molecule has 1 fully saturated rings. The van der Waals surface area contributed by atoms with Crippen molar-refractivity contribution in [2.24, 2.45) is 0 Å². The van der Waals surface area contributed by atoms with Crippen molar-refractivity contribution in [3.05, 3.63) is 84.1 Å². The zero-order chi connectivity index (χ0) is 39.7. The van der Waals surface area contributed by atoms with Gasteiger partial charge in [0.05, 0.1) is 43.6 Å². The summed E-state index contributed by atoms with van der Waals surface area (Å²) in [7, 11) is -8.53. The predicted octanol–water partition coefficient (Wildman–Crippen LogP) is 1.90. The smallest absolute Gasteiger partial charge is 0.335 e. The highest BCUT2D eigenvalue weighted by atomic mass is 32.2. The highest BCUT2D eigenvalue weighted by Crippen LogP contribution is 2.22.